The molecule has 2 rings (SSSR count). The van der Waals surface area contributed by atoms with Gasteiger partial charge < -0.3 is 16.0 Å². The number of carbonyl (C=O) groups excluding carboxylic acids is 2. The number of rotatable bonds is 5. The van der Waals surface area contributed by atoms with Gasteiger partial charge in [0.15, 0.2) is 0 Å². The number of thiophene rings is 1. The third-order valence-corrected chi connectivity index (χ3v) is 4.41. The third kappa shape index (κ3) is 4.05. The van der Waals surface area contributed by atoms with Crippen LogP contribution < -0.4 is 11.1 Å². The summed E-state index contributed by atoms with van der Waals surface area (Å²) in [5.41, 5.74) is 5.63. The minimum Gasteiger partial charge on any atom is -0.366 e. The molecule has 110 valence electrons. The van der Waals surface area contributed by atoms with Crippen LogP contribution in [0, 0.1) is 5.92 Å². The van der Waals surface area contributed by atoms with Crippen molar-refractivity contribution in [3.05, 3.63) is 17.0 Å². The quantitative estimate of drug-likeness (QED) is 0.871. The Morgan fingerprint density at radius 1 is 1.55 bits per heavy atom. The number of primary amides is 1. The summed E-state index contributed by atoms with van der Waals surface area (Å²) in [7, 11) is 0. The molecular formula is C14H21N3O2S. The molecule has 0 radical (unpaired) electrons. The van der Waals surface area contributed by atoms with E-state index in [4.69, 9.17) is 5.73 Å². The molecule has 2 amide bonds. The molecule has 1 atom stereocenters. The average Bonchev–Trinajstić information content (AvgIpc) is 2.85. The molecule has 1 aromatic rings. The van der Waals surface area contributed by atoms with E-state index in [1.807, 2.05) is 0 Å². The lowest BCUT2D eigenvalue weighted by Crippen LogP contribution is -2.36. The van der Waals surface area contributed by atoms with Gasteiger partial charge in [0.05, 0.1) is 5.56 Å². The molecule has 0 spiro atoms. The molecular weight excluding hydrogens is 274 g/mol. The van der Waals surface area contributed by atoms with Crippen molar-refractivity contribution in [1.82, 2.24) is 4.90 Å². The van der Waals surface area contributed by atoms with Gasteiger partial charge in [-0.2, -0.15) is 0 Å². The number of piperidine rings is 1. The smallest absolute Gasteiger partial charge is 0.251 e. The van der Waals surface area contributed by atoms with Crippen molar-refractivity contribution >= 4 is 28.2 Å². The zero-order valence-electron chi connectivity index (χ0n) is 11.7. The van der Waals surface area contributed by atoms with Crippen molar-refractivity contribution in [1.29, 1.82) is 0 Å². The SMILES string of the molecule is C[C@@H]1CCCN(CCC(=O)Nc2sccc2C(N)=O)C1. The Bertz CT molecular complexity index is 487. The first-order chi connectivity index (χ1) is 9.56. The Morgan fingerprint density at radius 3 is 3.05 bits per heavy atom. The molecule has 5 nitrogen and oxygen atoms in total. The molecule has 6 heteroatoms. The van der Waals surface area contributed by atoms with E-state index in [1.54, 1.807) is 11.4 Å². The molecule has 0 saturated carbocycles. The van der Waals surface area contributed by atoms with Crippen LogP contribution in [0.2, 0.25) is 0 Å². The summed E-state index contributed by atoms with van der Waals surface area (Å²) in [6.45, 7) is 5.16. The maximum atomic E-state index is 11.9. The van der Waals surface area contributed by atoms with E-state index in [-0.39, 0.29) is 5.91 Å². The molecule has 2 heterocycles. The van der Waals surface area contributed by atoms with Gasteiger partial charge in [-0.15, -0.1) is 11.3 Å². The number of hydrogen-bond donors (Lipinski definition) is 2. The largest absolute Gasteiger partial charge is 0.366 e. The van der Waals surface area contributed by atoms with E-state index in [9.17, 15) is 9.59 Å². The van der Waals surface area contributed by atoms with Gasteiger partial charge in [0.1, 0.15) is 5.00 Å². The number of anilines is 1. The molecule has 1 aromatic heterocycles. The van der Waals surface area contributed by atoms with Crippen LogP contribution >= 0.6 is 11.3 Å². The van der Waals surface area contributed by atoms with E-state index in [0.717, 1.165) is 19.6 Å². The Morgan fingerprint density at radius 2 is 2.35 bits per heavy atom. The first-order valence-electron chi connectivity index (χ1n) is 6.95. The highest BCUT2D eigenvalue weighted by molar-refractivity contribution is 7.14. The van der Waals surface area contributed by atoms with Crippen LogP contribution in [0.3, 0.4) is 0 Å². The standard InChI is InChI=1S/C14H21N3O2S/c1-10-3-2-6-17(9-10)7-4-12(18)16-14-11(13(15)19)5-8-20-14/h5,8,10H,2-4,6-7,9H2,1H3,(H2,15,19)(H,16,18)/t10-/m1/s1. The summed E-state index contributed by atoms with van der Waals surface area (Å²) in [4.78, 5) is 25.4. The van der Waals surface area contributed by atoms with Crippen LogP contribution in [-0.2, 0) is 4.79 Å². The third-order valence-electron chi connectivity index (χ3n) is 3.58. The highest BCUT2D eigenvalue weighted by Gasteiger charge is 2.17. The Labute approximate surface area is 123 Å². The predicted octanol–water partition coefficient (Wildman–Crippen LogP) is 1.91. The topological polar surface area (TPSA) is 75.4 Å². The van der Waals surface area contributed by atoms with Gasteiger partial charge in [0.2, 0.25) is 5.91 Å². The first-order valence-corrected chi connectivity index (χ1v) is 7.83. The normalized spacial score (nSPS) is 19.8. The van der Waals surface area contributed by atoms with E-state index in [2.05, 4.69) is 17.1 Å². The number of likely N-dealkylation sites (tertiary alicyclic amines) is 1. The van der Waals surface area contributed by atoms with E-state index < -0.39 is 5.91 Å². The van der Waals surface area contributed by atoms with Crippen LogP contribution in [0.15, 0.2) is 11.4 Å². The van der Waals surface area contributed by atoms with E-state index in [1.165, 1.54) is 24.2 Å². The summed E-state index contributed by atoms with van der Waals surface area (Å²) < 4.78 is 0. The van der Waals surface area contributed by atoms with Crippen molar-refractivity contribution in [2.45, 2.75) is 26.2 Å². The van der Waals surface area contributed by atoms with Crippen LogP contribution in [-0.4, -0.2) is 36.3 Å². The second kappa shape index (κ2) is 6.85. The maximum Gasteiger partial charge on any atom is 0.251 e. The van der Waals surface area contributed by atoms with Crippen LogP contribution in [0.4, 0.5) is 5.00 Å². The molecule has 1 saturated heterocycles. The molecule has 0 aromatic carbocycles. The lowest BCUT2D eigenvalue weighted by atomic mass is 10.0. The molecule has 0 bridgehead atoms. The van der Waals surface area contributed by atoms with Crippen LogP contribution in [0.25, 0.3) is 0 Å². The summed E-state index contributed by atoms with van der Waals surface area (Å²) in [6, 6.07) is 1.63. The zero-order valence-corrected chi connectivity index (χ0v) is 12.5. The molecule has 1 aliphatic rings. The number of nitrogens with one attached hydrogen (secondary N) is 1. The minimum absolute atomic E-state index is 0.0619. The van der Waals surface area contributed by atoms with Crippen molar-refractivity contribution in [2.24, 2.45) is 11.7 Å². The van der Waals surface area contributed by atoms with Gasteiger partial charge in [-0.05, 0) is 36.8 Å². The molecule has 0 aliphatic carbocycles. The Hall–Kier alpha value is -1.40. The molecule has 20 heavy (non-hydrogen) atoms. The number of nitrogens with two attached hydrogens (primary N) is 1. The fourth-order valence-electron chi connectivity index (χ4n) is 2.54. The van der Waals surface area contributed by atoms with Crippen molar-refractivity contribution in [2.75, 3.05) is 25.0 Å². The van der Waals surface area contributed by atoms with E-state index in [0.29, 0.717) is 22.9 Å². The van der Waals surface area contributed by atoms with Crippen molar-refractivity contribution < 1.29 is 9.59 Å². The van der Waals surface area contributed by atoms with Gasteiger partial charge >= 0.3 is 0 Å². The van der Waals surface area contributed by atoms with Crippen molar-refractivity contribution in [3.63, 3.8) is 0 Å². The summed E-state index contributed by atoms with van der Waals surface area (Å²) in [5, 5.41) is 5.08. The zero-order chi connectivity index (χ0) is 14.5. The summed E-state index contributed by atoms with van der Waals surface area (Å²) in [5.74, 6) is 0.144. The number of carbonyl (C=O) groups is 2. The molecule has 3 N–H and O–H groups in total. The second-order valence-electron chi connectivity index (χ2n) is 5.37. The maximum absolute atomic E-state index is 11.9. The summed E-state index contributed by atoms with van der Waals surface area (Å²) in [6.07, 6.45) is 2.93. The van der Waals surface area contributed by atoms with Gasteiger partial charge in [-0.25, -0.2) is 0 Å². The fourth-order valence-corrected chi connectivity index (χ4v) is 3.35. The predicted molar refractivity (Wildman–Crippen MR) is 80.9 cm³/mol. The van der Waals surface area contributed by atoms with E-state index >= 15 is 0 Å². The Balaban J connectivity index is 1.80. The Kier molecular flexibility index (Phi) is 5.14. The molecule has 1 fully saturated rings. The van der Waals surface area contributed by atoms with Crippen LogP contribution in [0.1, 0.15) is 36.5 Å². The fraction of sp³-hybridized carbons (Fsp3) is 0.571. The number of nitrogens with zero attached hydrogens (tertiary/aromatic N) is 1. The monoisotopic (exact) mass is 295 g/mol. The molecule has 0 unspecified atom stereocenters. The highest BCUT2D eigenvalue weighted by atomic mass is 32.1. The van der Waals surface area contributed by atoms with Crippen molar-refractivity contribution in [3.8, 4) is 0 Å². The van der Waals surface area contributed by atoms with Gasteiger partial charge in [-0.3, -0.25) is 9.59 Å². The number of amides is 2. The van der Waals surface area contributed by atoms with Gasteiger partial charge in [0, 0.05) is 19.5 Å². The lowest BCUT2D eigenvalue weighted by molar-refractivity contribution is -0.116. The second-order valence-corrected chi connectivity index (χ2v) is 6.29. The van der Waals surface area contributed by atoms with Crippen LogP contribution in [0.5, 0.6) is 0 Å². The van der Waals surface area contributed by atoms with Gasteiger partial charge in [0.25, 0.3) is 5.91 Å². The number of hydrogen-bond acceptors (Lipinski definition) is 4. The average molecular weight is 295 g/mol. The summed E-state index contributed by atoms with van der Waals surface area (Å²) >= 11 is 1.32. The van der Waals surface area contributed by atoms with Gasteiger partial charge in [-0.1, -0.05) is 6.92 Å². The lowest BCUT2D eigenvalue weighted by Gasteiger charge is -2.30. The highest BCUT2D eigenvalue weighted by Crippen LogP contribution is 2.23. The first kappa shape index (κ1) is 15.0. The molecule has 1 aliphatic heterocycles. The minimum atomic E-state index is -0.508.